The van der Waals surface area contributed by atoms with Crippen molar-refractivity contribution in [3.63, 3.8) is 0 Å². The third-order valence-electron chi connectivity index (χ3n) is 4.48. The first kappa shape index (κ1) is 29.1. The Morgan fingerprint density at radius 1 is 0.857 bits per heavy atom. The molecule has 0 radical (unpaired) electrons. The number of nitrogen functional groups attached to an aromatic ring is 2. The highest BCUT2D eigenvalue weighted by Crippen LogP contribution is 2.14. The van der Waals surface area contributed by atoms with Crippen LogP contribution in [0, 0.1) is 5.92 Å². The van der Waals surface area contributed by atoms with Crippen LogP contribution in [-0.2, 0) is 29.3 Å². The second-order valence-electron chi connectivity index (χ2n) is 7.60. The van der Waals surface area contributed by atoms with Crippen LogP contribution in [0.2, 0.25) is 0 Å². The Balaban J connectivity index is 0.000000355. The number of hydrogen-bond donors (Lipinski definition) is 6. The molecular formula is C22H28N4O8S. The molecule has 2 amide bonds. The maximum absolute atomic E-state index is 11.6. The van der Waals surface area contributed by atoms with Crippen molar-refractivity contribution in [1.29, 1.82) is 0 Å². The number of hydrogen-bond acceptors (Lipinski definition) is 8. The van der Waals surface area contributed by atoms with Gasteiger partial charge in [-0.2, -0.15) is 8.42 Å². The minimum Gasteiger partial charge on any atom is -0.481 e. The highest BCUT2D eigenvalue weighted by Gasteiger charge is 2.30. The fourth-order valence-electron chi connectivity index (χ4n) is 2.59. The van der Waals surface area contributed by atoms with Gasteiger partial charge in [-0.15, -0.1) is 0 Å². The largest absolute Gasteiger partial charge is 0.481 e. The summed E-state index contributed by atoms with van der Waals surface area (Å²) in [6.07, 6.45) is -0.820. The lowest BCUT2D eigenvalue weighted by Gasteiger charge is -2.10. The standard InChI is InChI=1S/C11H14N2O5S.C11H14N2O3/c1-7(14)10(19(16,17)18)6-11(15)13-9-4-2-8(12)3-5-9;1-7(6-10(14)15)11(16)13-9-4-2-8(12)3-5-9/h2-5,10H,6,12H2,1H3,(H,13,15)(H,16,17,18);2-5,7H,6,12H2,1H3,(H,13,16)(H,14,15). The molecule has 0 aliphatic rings. The average molecular weight is 509 g/mol. The van der Waals surface area contributed by atoms with Crippen molar-refractivity contribution in [2.24, 2.45) is 5.92 Å². The van der Waals surface area contributed by atoms with Gasteiger partial charge in [0.15, 0.2) is 11.0 Å². The molecule has 190 valence electrons. The number of Topliss-reactive ketones (excluding diaryl/α,β-unsaturated/α-hetero) is 1. The van der Waals surface area contributed by atoms with Crippen LogP contribution in [-0.4, -0.2) is 46.9 Å². The number of anilines is 4. The van der Waals surface area contributed by atoms with Crippen molar-refractivity contribution in [2.45, 2.75) is 31.9 Å². The van der Waals surface area contributed by atoms with E-state index in [4.69, 9.17) is 21.1 Å². The molecule has 0 aromatic heterocycles. The van der Waals surface area contributed by atoms with Crippen LogP contribution in [0.1, 0.15) is 26.7 Å². The van der Waals surface area contributed by atoms with Gasteiger partial charge < -0.3 is 27.2 Å². The Kier molecular flexibility index (Phi) is 10.8. The van der Waals surface area contributed by atoms with E-state index in [0.29, 0.717) is 22.7 Å². The summed E-state index contributed by atoms with van der Waals surface area (Å²) in [7, 11) is -4.59. The molecule has 35 heavy (non-hydrogen) atoms. The lowest BCUT2D eigenvalue weighted by molar-refractivity contribution is -0.140. The number of benzene rings is 2. The number of carboxylic acids is 1. The molecule has 13 heteroatoms. The number of carboxylic acid groups (broad SMARTS) is 1. The van der Waals surface area contributed by atoms with Gasteiger partial charge in [-0.3, -0.25) is 23.7 Å². The third kappa shape index (κ3) is 11.1. The summed E-state index contributed by atoms with van der Waals surface area (Å²) >= 11 is 0. The smallest absolute Gasteiger partial charge is 0.304 e. The number of carbonyl (C=O) groups is 4. The Bertz CT molecular complexity index is 1150. The zero-order chi connectivity index (χ0) is 26.8. The quantitative estimate of drug-likeness (QED) is 0.213. The van der Waals surface area contributed by atoms with Crippen molar-refractivity contribution in [3.8, 4) is 0 Å². The minimum atomic E-state index is -4.59. The first-order valence-corrected chi connectivity index (χ1v) is 11.7. The molecule has 2 atom stereocenters. The summed E-state index contributed by atoms with van der Waals surface area (Å²) in [5.41, 5.74) is 13.1. The lowest BCUT2D eigenvalue weighted by Crippen LogP contribution is -2.32. The van der Waals surface area contributed by atoms with E-state index in [1.807, 2.05) is 0 Å². The predicted octanol–water partition coefficient (Wildman–Crippen LogP) is 1.76. The molecule has 0 saturated heterocycles. The monoisotopic (exact) mass is 508 g/mol. The van der Waals surface area contributed by atoms with Gasteiger partial charge in [0.1, 0.15) is 0 Å². The topological polar surface area (TPSA) is 219 Å². The molecule has 0 spiro atoms. The van der Waals surface area contributed by atoms with Crippen LogP contribution in [0.25, 0.3) is 0 Å². The van der Waals surface area contributed by atoms with Gasteiger partial charge in [0, 0.05) is 28.7 Å². The average Bonchev–Trinajstić information content (AvgIpc) is 2.74. The number of carbonyl (C=O) groups excluding carboxylic acids is 3. The highest BCUT2D eigenvalue weighted by atomic mass is 32.2. The number of aliphatic carboxylic acids is 1. The molecule has 2 rings (SSSR count). The Morgan fingerprint density at radius 3 is 1.66 bits per heavy atom. The zero-order valence-electron chi connectivity index (χ0n) is 19.1. The molecule has 12 nitrogen and oxygen atoms in total. The van der Waals surface area contributed by atoms with Crippen LogP contribution in [0.5, 0.6) is 0 Å². The first-order chi connectivity index (χ1) is 16.2. The van der Waals surface area contributed by atoms with E-state index >= 15 is 0 Å². The van der Waals surface area contributed by atoms with Crippen molar-refractivity contribution in [1.82, 2.24) is 0 Å². The van der Waals surface area contributed by atoms with E-state index in [0.717, 1.165) is 6.92 Å². The SMILES string of the molecule is CC(=O)C(CC(=O)Nc1ccc(N)cc1)S(=O)(=O)O.CC(CC(=O)O)C(=O)Nc1ccc(N)cc1. The summed E-state index contributed by atoms with van der Waals surface area (Å²) in [4.78, 5) is 44.6. The van der Waals surface area contributed by atoms with E-state index in [9.17, 15) is 27.6 Å². The number of nitrogens with two attached hydrogens (primary N) is 2. The van der Waals surface area contributed by atoms with E-state index in [-0.39, 0.29) is 12.3 Å². The minimum absolute atomic E-state index is 0.180. The van der Waals surface area contributed by atoms with Crippen LogP contribution in [0.4, 0.5) is 22.7 Å². The van der Waals surface area contributed by atoms with Crippen LogP contribution in [0.15, 0.2) is 48.5 Å². The molecule has 2 aromatic rings. The maximum Gasteiger partial charge on any atom is 0.304 e. The van der Waals surface area contributed by atoms with E-state index in [2.05, 4.69) is 10.6 Å². The molecule has 0 saturated carbocycles. The maximum atomic E-state index is 11.6. The van der Waals surface area contributed by atoms with Gasteiger partial charge >= 0.3 is 5.97 Å². The molecule has 0 bridgehead atoms. The molecule has 2 unspecified atom stereocenters. The molecule has 0 fully saturated rings. The second-order valence-corrected chi connectivity index (χ2v) is 9.20. The Morgan fingerprint density at radius 2 is 1.29 bits per heavy atom. The highest BCUT2D eigenvalue weighted by molar-refractivity contribution is 7.87. The number of ketones is 1. The number of rotatable bonds is 9. The Labute approximate surface area is 202 Å². The molecule has 2 aromatic carbocycles. The van der Waals surface area contributed by atoms with Crippen molar-refractivity contribution >= 4 is 56.4 Å². The fourth-order valence-corrected chi connectivity index (χ4v) is 3.37. The predicted molar refractivity (Wildman–Crippen MR) is 131 cm³/mol. The van der Waals surface area contributed by atoms with Gasteiger partial charge in [0.2, 0.25) is 11.8 Å². The molecule has 0 aliphatic carbocycles. The van der Waals surface area contributed by atoms with E-state index in [1.54, 1.807) is 43.3 Å². The summed E-state index contributed by atoms with van der Waals surface area (Å²) in [6, 6.07) is 12.8. The van der Waals surface area contributed by atoms with E-state index < -0.39 is 45.4 Å². The van der Waals surface area contributed by atoms with Crippen molar-refractivity contribution in [3.05, 3.63) is 48.5 Å². The first-order valence-electron chi connectivity index (χ1n) is 10.2. The Hall–Kier alpha value is -3.97. The van der Waals surface area contributed by atoms with Crippen LogP contribution in [0.3, 0.4) is 0 Å². The third-order valence-corrected chi connectivity index (χ3v) is 5.70. The van der Waals surface area contributed by atoms with Gasteiger partial charge in [0.05, 0.1) is 12.8 Å². The molecule has 0 aliphatic heterocycles. The second kappa shape index (κ2) is 13.1. The number of nitrogens with one attached hydrogen (secondary N) is 2. The van der Waals surface area contributed by atoms with Crippen molar-refractivity contribution < 1.29 is 37.3 Å². The van der Waals surface area contributed by atoms with Crippen molar-refractivity contribution in [2.75, 3.05) is 22.1 Å². The molecular weight excluding hydrogens is 480 g/mol. The van der Waals surface area contributed by atoms with E-state index in [1.165, 1.54) is 12.1 Å². The van der Waals surface area contributed by atoms with Gasteiger partial charge in [-0.1, -0.05) is 6.92 Å². The molecule has 0 heterocycles. The lowest BCUT2D eigenvalue weighted by atomic mass is 10.1. The van der Waals surface area contributed by atoms with Crippen LogP contribution >= 0.6 is 0 Å². The summed E-state index contributed by atoms with van der Waals surface area (Å²) < 4.78 is 30.7. The summed E-state index contributed by atoms with van der Waals surface area (Å²) in [5.74, 6) is -3.35. The van der Waals surface area contributed by atoms with Gasteiger partial charge in [0.25, 0.3) is 10.1 Å². The van der Waals surface area contributed by atoms with Crippen LogP contribution < -0.4 is 22.1 Å². The molecule has 8 N–H and O–H groups in total. The summed E-state index contributed by atoms with van der Waals surface area (Å²) in [6.45, 7) is 2.57. The van der Waals surface area contributed by atoms with Gasteiger partial charge in [-0.25, -0.2) is 0 Å². The number of amides is 2. The fraction of sp³-hybridized carbons (Fsp3) is 0.273. The normalized spacial score (nSPS) is 12.3. The van der Waals surface area contributed by atoms with Gasteiger partial charge in [-0.05, 0) is 55.5 Å². The summed E-state index contributed by atoms with van der Waals surface area (Å²) in [5, 5.41) is 11.8. The zero-order valence-corrected chi connectivity index (χ0v) is 19.9.